The SMILES string of the molecule is CCCCOC(=O)c1ccc(S(=O)(=O)N(CCC)CCC)cc1. The van der Waals surface area contributed by atoms with Crippen LogP contribution in [-0.2, 0) is 14.8 Å². The highest BCUT2D eigenvalue weighted by molar-refractivity contribution is 7.89. The summed E-state index contributed by atoms with van der Waals surface area (Å²) in [7, 11) is -3.51. The Hall–Kier alpha value is -1.40. The molecule has 0 aliphatic rings. The van der Waals surface area contributed by atoms with Gasteiger partial charge in [0.1, 0.15) is 0 Å². The summed E-state index contributed by atoms with van der Waals surface area (Å²) < 4.78 is 31.8. The number of rotatable bonds is 10. The maximum atomic E-state index is 12.6. The summed E-state index contributed by atoms with van der Waals surface area (Å²) in [6.45, 7) is 7.30. The normalized spacial score (nSPS) is 11.7. The summed E-state index contributed by atoms with van der Waals surface area (Å²) in [5.74, 6) is -0.415. The van der Waals surface area contributed by atoms with E-state index in [1.165, 1.54) is 28.6 Å². The van der Waals surface area contributed by atoms with Crippen molar-refractivity contribution in [2.75, 3.05) is 19.7 Å². The van der Waals surface area contributed by atoms with Gasteiger partial charge in [-0.25, -0.2) is 13.2 Å². The summed E-state index contributed by atoms with van der Waals surface area (Å²) in [6, 6.07) is 5.97. The van der Waals surface area contributed by atoms with Crippen LogP contribution < -0.4 is 0 Å². The Labute approximate surface area is 139 Å². The minimum atomic E-state index is -3.51. The zero-order valence-corrected chi connectivity index (χ0v) is 15.1. The van der Waals surface area contributed by atoms with Gasteiger partial charge in [-0.05, 0) is 43.5 Å². The van der Waals surface area contributed by atoms with Crippen LogP contribution in [-0.4, -0.2) is 38.4 Å². The second kappa shape index (κ2) is 9.67. The average Bonchev–Trinajstić information content (AvgIpc) is 2.55. The molecule has 0 radical (unpaired) electrons. The molecule has 1 rings (SSSR count). The molecule has 1 aromatic carbocycles. The molecule has 0 heterocycles. The third kappa shape index (κ3) is 5.62. The molecule has 0 fully saturated rings. The van der Waals surface area contributed by atoms with Crippen LogP contribution in [0.4, 0.5) is 0 Å². The van der Waals surface area contributed by atoms with E-state index in [1.807, 2.05) is 20.8 Å². The van der Waals surface area contributed by atoms with Crippen molar-refractivity contribution in [3.05, 3.63) is 29.8 Å². The molecule has 0 amide bonds. The maximum absolute atomic E-state index is 12.6. The molecule has 0 saturated carbocycles. The van der Waals surface area contributed by atoms with Crippen LogP contribution in [0.2, 0.25) is 0 Å². The van der Waals surface area contributed by atoms with Crippen molar-refractivity contribution in [2.24, 2.45) is 0 Å². The lowest BCUT2D eigenvalue weighted by molar-refractivity contribution is 0.0499. The second-order valence-electron chi connectivity index (χ2n) is 5.42. The Morgan fingerprint density at radius 3 is 2.04 bits per heavy atom. The van der Waals surface area contributed by atoms with Gasteiger partial charge in [-0.3, -0.25) is 0 Å². The minimum absolute atomic E-state index is 0.213. The number of ether oxygens (including phenoxy) is 1. The van der Waals surface area contributed by atoms with E-state index in [1.54, 1.807) is 0 Å². The first-order valence-corrected chi connectivity index (χ1v) is 9.68. The standard InChI is InChI=1S/C17H27NO4S/c1-4-7-14-22-17(19)15-8-10-16(11-9-15)23(20,21)18(12-5-2)13-6-3/h8-11H,4-7,12-14H2,1-3H3. The van der Waals surface area contributed by atoms with E-state index >= 15 is 0 Å². The van der Waals surface area contributed by atoms with Gasteiger partial charge in [0.05, 0.1) is 17.1 Å². The molecule has 0 aliphatic carbocycles. The van der Waals surface area contributed by atoms with E-state index in [9.17, 15) is 13.2 Å². The number of benzene rings is 1. The van der Waals surface area contributed by atoms with Crippen molar-refractivity contribution >= 4 is 16.0 Å². The molecule has 0 atom stereocenters. The van der Waals surface area contributed by atoms with Crippen molar-refractivity contribution in [2.45, 2.75) is 51.3 Å². The summed E-state index contributed by atoms with van der Waals surface area (Å²) in [5.41, 5.74) is 0.373. The Morgan fingerprint density at radius 1 is 1.00 bits per heavy atom. The van der Waals surface area contributed by atoms with Gasteiger partial charge in [-0.1, -0.05) is 27.2 Å². The highest BCUT2D eigenvalue weighted by Gasteiger charge is 2.23. The van der Waals surface area contributed by atoms with Crippen molar-refractivity contribution in [3.63, 3.8) is 0 Å². The van der Waals surface area contributed by atoms with Crippen LogP contribution in [0.1, 0.15) is 56.8 Å². The maximum Gasteiger partial charge on any atom is 0.338 e. The van der Waals surface area contributed by atoms with Gasteiger partial charge >= 0.3 is 5.97 Å². The molecule has 5 nitrogen and oxygen atoms in total. The molecule has 130 valence electrons. The Balaban J connectivity index is 2.87. The zero-order chi connectivity index (χ0) is 17.3. The fourth-order valence-corrected chi connectivity index (χ4v) is 3.78. The number of carbonyl (C=O) groups is 1. The number of nitrogens with zero attached hydrogens (tertiary/aromatic N) is 1. The van der Waals surface area contributed by atoms with Gasteiger partial charge in [-0.2, -0.15) is 4.31 Å². The molecule has 0 bridgehead atoms. The molecule has 23 heavy (non-hydrogen) atoms. The highest BCUT2D eigenvalue weighted by atomic mass is 32.2. The van der Waals surface area contributed by atoms with Crippen LogP contribution in [0.15, 0.2) is 29.2 Å². The molecular weight excluding hydrogens is 314 g/mol. The molecule has 0 spiro atoms. The summed E-state index contributed by atoms with van der Waals surface area (Å²) in [6.07, 6.45) is 3.30. The first-order valence-electron chi connectivity index (χ1n) is 8.24. The van der Waals surface area contributed by atoms with Crippen molar-refractivity contribution in [3.8, 4) is 0 Å². The van der Waals surface area contributed by atoms with Crippen LogP contribution in [0.3, 0.4) is 0 Å². The van der Waals surface area contributed by atoms with Crippen LogP contribution in [0.25, 0.3) is 0 Å². The lowest BCUT2D eigenvalue weighted by Gasteiger charge is -2.21. The molecular formula is C17H27NO4S. The second-order valence-corrected chi connectivity index (χ2v) is 7.36. The average molecular weight is 341 g/mol. The predicted octanol–water partition coefficient (Wildman–Crippen LogP) is 3.45. The molecule has 0 saturated heterocycles. The van der Waals surface area contributed by atoms with Gasteiger partial charge < -0.3 is 4.74 Å². The van der Waals surface area contributed by atoms with E-state index < -0.39 is 16.0 Å². The van der Waals surface area contributed by atoms with E-state index in [0.29, 0.717) is 25.3 Å². The number of esters is 1. The largest absolute Gasteiger partial charge is 0.462 e. The third-order valence-corrected chi connectivity index (χ3v) is 5.32. The number of carbonyl (C=O) groups excluding carboxylic acids is 1. The number of hydrogen-bond acceptors (Lipinski definition) is 4. The predicted molar refractivity (Wildman–Crippen MR) is 91.0 cm³/mol. The van der Waals surface area contributed by atoms with Gasteiger partial charge in [0.25, 0.3) is 0 Å². The Kier molecular flexibility index (Phi) is 8.26. The molecule has 0 unspecified atom stereocenters. The fraction of sp³-hybridized carbons (Fsp3) is 0.588. The Bertz CT molecular complexity index is 575. The van der Waals surface area contributed by atoms with Crippen LogP contribution in [0.5, 0.6) is 0 Å². The van der Waals surface area contributed by atoms with E-state index in [4.69, 9.17) is 4.74 Å². The fourth-order valence-electron chi connectivity index (χ4n) is 2.16. The molecule has 1 aromatic rings. The molecule has 0 N–H and O–H groups in total. The topological polar surface area (TPSA) is 63.7 Å². The van der Waals surface area contributed by atoms with Crippen molar-refractivity contribution in [1.29, 1.82) is 0 Å². The summed E-state index contributed by atoms with van der Waals surface area (Å²) in [4.78, 5) is 12.0. The van der Waals surface area contributed by atoms with E-state index in [0.717, 1.165) is 25.7 Å². The lowest BCUT2D eigenvalue weighted by Crippen LogP contribution is -2.32. The molecule has 0 aromatic heterocycles. The smallest absolute Gasteiger partial charge is 0.338 e. The summed E-state index contributed by atoms with van der Waals surface area (Å²) >= 11 is 0. The van der Waals surface area contributed by atoms with Gasteiger partial charge in [-0.15, -0.1) is 0 Å². The first-order chi connectivity index (χ1) is 11.0. The quantitative estimate of drug-likeness (QED) is 0.483. The van der Waals surface area contributed by atoms with Crippen molar-refractivity contribution < 1.29 is 17.9 Å². The lowest BCUT2D eigenvalue weighted by atomic mass is 10.2. The number of unbranched alkanes of at least 4 members (excludes halogenated alkanes) is 1. The van der Waals surface area contributed by atoms with Gasteiger partial charge in [0, 0.05) is 13.1 Å². The van der Waals surface area contributed by atoms with E-state index in [2.05, 4.69) is 0 Å². The third-order valence-electron chi connectivity index (χ3n) is 3.40. The summed E-state index contributed by atoms with van der Waals surface area (Å²) in [5, 5.41) is 0. The minimum Gasteiger partial charge on any atom is -0.462 e. The number of hydrogen-bond donors (Lipinski definition) is 0. The monoisotopic (exact) mass is 341 g/mol. The zero-order valence-electron chi connectivity index (χ0n) is 14.2. The Morgan fingerprint density at radius 2 is 1.57 bits per heavy atom. The van der Waals surface area contributed by atoms with Crippen molar-refractivity contribution in [1.82, 2.24) is 4.31 Å². The highest BCUT2D eigenvalue weighted by Crippen LogP contribution is 2.17. The van der Waals surface area contributed by atoms with E-state index in [-0.39, 0.29) is 4.90 Å². The molecule has 0 aliphatic heterocycles. The van der Waals surface area contributed by atoms with Crippen LogP contribution in [0, 0.1) is 0 Å². The number of sulfonamides is 1. The van der Waals surface area contributed by atoms with Crippen LogP contribution >= 0.6 is 0 Å². The first kappa shape index (κ1) is 19.6. The molecule has 6 heteroatoms. The van der Waals surface area contributed by atoms with Gasteiger partial charge in [0.2, 0.25) is 10.0 Å². The van der Waals surface area contributed by atoms with Gasteiger partial charge in [0.15, 0.2) is 0 Å².